The zero-order valence-corrected chi connectivity index (χ0v) is 17.8. The number of hydrogen-bond donors (Lipinski definition) is 2. The lowest BCUT2D eigenvalue weighted by atomic mass is 10.1. The van der Waals surface area contributed by atoms with E-state index < -0.39 is 6.04 Å². The van der Waals surface area contributed by atoms with Gasteiger partial charge in [0.1, 0.15) is 11.8 Å². The predicted octanol–water partition coefficient (Wildman–Crippen LogP) is 3.87. The number of nitrogens with one attached hydrogen (secondary N) is 2. The molecule has 2 rings (SSSR count). The van der Waals surface area contributed by atoms with Crippen LogP contribution in [0, 0.1) is 5.92 Å². The summed E-state index contributed by atoms with van der Waals surface area (Å²) in [5.41, 5.74) is 1.01. The Morgan fingerprint density at radius 3 is 2.39 bits per heavy atom. The van der Waals surface area contributed by atoms with Crippen molar-refractivity contribution in [3.8, 4) is 5.75 Å². The van der Waals surface area contributed by atoms with Gasteiger partial charge in [-0.1, -0.05) is 26.0 Å². The van der Waals surface area contributed by atoms with Gasteiger partial charge in [0.2, 0.25) is 5.91 Å². The molecule has 1 aromatic carbocycles. The Morgan fingerprint density at radius 2 is 1.79 bits per heavy atom. The molecule has 1 heterocycles. The van der Waals surface area contributed by atoms with E-state index >= 15 is 0 Å². The molecule has 0 radical (unpaired) electrons. The molecule has 0 aliphatic carbocycles. The highest BCUT2D eigenvalue weighted by Crippen LogP contribution is 2.21. The Hall–Kier alpha value is -2.24. The SMILES string of the molecule is CC(C)CCOc1ccc([C@H](C)NC(=O)[C@@H]2CCCN2C(=O)NC(C)C)cc1. The van der Waals surface area contributed by atoms with Crippen LogP contribution in [-0.4, -0.2) is 42.1 Å². The third kappa shape index (κ3) is 6.43. The van der Waals surface area contributed by atoms with Crippen molar-refractivity contribution in [1.29, 1.82) is 0 Å². The third-order valence-electron chi connectivity index (χ3n) is 4.93. The first-order valence-corrected chi connectivity index (χ1v) is 10.4. The Balaban J connectivity index is 1.89. The van der Waals surface area contributed by atoms with Crippen LogP contribution in [0.2, 0.25) is 0 Å². The highest BCUT2D eigenvalue weighted by Gasteiger charge is 2.34. The molecule has 0 unspecified atom stereocenters. The number of amides is 3. The molecule has 1 aliphatic heterocycles. The maximum atomic E-state index is 12.7. The van der Waals surface area contributed by atoms with Gasteiger partial charge in [-0.2, -0.15) is 0 Å². The molecule has 6 heteroatoms. The zero-order valence-electron chi connectivity index (χ0n) is 17.8. The minimum Gasteiger partial charge on any atom is -0.494 e. The molecule has 2 N–H and O–H groups in total. The maximum absolute atomic E-state index is 12.7. The largest absolute Gasteiger partial charge is 0.494 e. The van der Waals surface area contributed by atoms with Gasteiger partial charge >= 0.3 is 6.03 Å². The Morgan fingerprint density at radius 1 is 1.11 bits per heavy atom. The fourth-order valence-corrected chi connectivity index (χ4v) is 3.27. The molecule has 6 nitrogen and oxygen atoms in total. The van der Waals surface area contributed by atoms with E-state index in [1.165, 1.54) is 0 Å². The Kier molecular flexibility index (Phi) is 8.15. The number of benzene rings is 1. The van der Waals surface area contributed by atoms with Gasteiger partial charge in [-0.3, -0.25) is 4.79 Å². The van der Waals surface area contributed by atoms with Gasteiger partial charge in [-0.25, -0.2) is 4.79 Å². The number of urea groups is 1. The molecule has 0 spiro atoms. The van der Waals surface area contributed by atoms with E-state index in [0.717, 1.165) is 24.2 Å². The Labute approximate surface area is 169 Å². The summed E-state index contributed by atoms with van der Waals surface area (Å²) in [4.78, 5) is 26.7. The van der Waals surface area contributed by atoms with Crippen molar-refractivity contribution in [1.82, 2.24) is 15.5 Å². The third-order valence-corrected chi connectivity index (χ3v) is 4.93. The summed E-state index contributed by atoms with van der Waals surface area (Å²) in [6, 6.07) is 7.20. The van der Waals surface area contributed by atoms with Crippen LogP contribution in [0.3, 0.4) is 0 Å². The second-order valence-corrected chi connectivity index (χ2v) is 8.29. The van der Waals surface area contributed by atoms with Crippen LogP contribution in [0.4, 0.5) is 4.79 Å². The minimum absolute atomic E-state index is 0.0528. The topological polar surface area (TPSA) is 70.7 Å². The zero-order chi connectivity index (χ0) is 20.7. The van der Waals surface area contributed by atoms with Gasteiger partial charge < -0.3 is 20.3 Å². The molecular formula is C22H35N3O3. The molecule has 28 heavy (non-hydrogen) atoms. The molecule has 0 aromatic heterocycles. The van der Waals surface area contributed by atoms with Crippen molar-refractivity contribution in [2.24, 2.45) is 5.92 Å². The fraction of sp³-hybridized carbons (Fsp3) is 0.636. The van der Waals surface area contributed by atoms with Crippen LogP contribution in [0.1, 0.15) is 65.5 Å². The first kappa shape index (κ1) is 22.1. The Bertz CT molecular complexity index is 643. The first-order chi connectivity index (χ1) is 13.3. The van der Waals surface area contributed by atoms with Crippen LogP contribution in [0.5, 0.6) is 5.75 Å². The molecule has 3 amide bonds. The summed E-state index contributed by atoms with van der Waals surface area (Å²) < 4.78 is 5.75. The summed E-state index contributed by atoms with van der Waals surface area (Å²) in [7, 11) is 0. The first-order valence-electron chi connectivity index (χ1n) is 10.4. The van der Waals surface area contributed by atoms with Crippen LogP contribution >= 0.6 is 0 Å². The molecule has 1 fully saturated rings. The van der Waals surface area contributed by atoms with Gasteiger partial charge in [0.05, 0.1) is 12.6 Å². The normalized spacial score (nSPS) is 17.7. The number of rotatable bonds is 8. The number of hydrogen-bond acceptors (Lipinski definition) is 3. The van der Waals surface area contributed by atoms with E-state index in [1.54, 1.807) is 4.90 Å². The summed E-state index contributed by atoms with van der Waals surface area (Å²) in [5, 5.41) is 5.93. The lowest BCUT2D eigenvalue weighted by Gasteiger charge is -2.26. The molecule has 1 aromatic rings. The van der Waals surface area contributed by atoms with Gasteiger partial charge in [0.15, 0.2) is 0 Å². The van der Waals surface area contributed by atoms with Crippen LogP contribution in [-0.2, 0) is 4.79 Å². The smallest absolute Gasteiger partial charge is 0.318 e. The maximum Gasteiger partial charge on any atom is 0.318 e. The van der Waals surface area contributed by atoms with Crippen molar-refractivity contribution >= 4 is 11.9 Å². The van der Waals surface area contributed by atoms with Gasteiger partial charge in [0.25, 0.3) is 0 Å². The van der Waals surface area contributed by atoms with E-state index in [-0.39, 0.29) is 24.0 Å². The number of carbonyl (C=O) groups excluding carboxylic acids is 2. The molecule has 1 saturated heterocycles. The molecule has 2 atom stereocenters. The molecule has 156 valence electrons. The second-order valence-electron chi connectivity index (χ2n) is 8.29. The lowest BCUT2D eigenvalue weighted by Crippen LogP contribution is -2.51. The summed E-state index contributed by atoms with van der Waals surface area (Å²) in [6.07, 6.45) is 2.57. The van der Waals surface area contributed by atoms with E-state index in [2.05, 4.69) is 24.5 Å². The standard InChI is InChI=1S/C22H35N3O3/c1-15(2)12-14-28-19-10-8-18(9-11-19)17(5)24-21(26)20-7-6-13-25(20)22(27)23-16(3)4/h8-11,15-17,20H,6-7,12-14H2,1-5H3,(H,23,27)(H,24,26)/t17-,20-/m0/s1. The fourth-order valence-electron chi connectivity index (χ4n) is 3.27. The summed E-state index contributed by atoms with van der Waals surface area (Å²) >= 11 is 0. The number of nitrogens with zero attached hydrogens (tertiary/aromatic N) is 1. The average Bonchev–Trinajstić information content (AvgIpc) is 3.11. The number of carbonyl (C=O) groups is 2. The second kappa shape index (κ2) is 10.3. The average molecular weight is 390 g/mol. The van der Waals surface area contributed by atoms with Gasteiger partial charge in [-0.05, 0) is 63.6 Å². The monoisotopic (exact) mass is 389 g/mol. The van der Waals surface area contributed by atoms with Crippen molar-refractivity contribution in [2.75, 3.05) is 13.2 Å². The van der Waals surface area contributed by atoms with Crippen molar-refractivity contribution in [3.63, 3.8) is 0 Å². The lowest BCUT2D eigenvalue weighted by molar-refractivity contribution is -0.125. The number of ether oxygens (including phenoxy) is 1. The predicted molar refractivity (Wildman–Crippen MR) is 111 cm³/mol. The molecule has 0 saturated carbocycles. The van der Waals surface area contributed by atoms with E-state index in [4.69, 9.17) is 4.74 Å². The van der Waals surface area contributed by atoms with Crippen molar-refractivity contribution < 1.29 is 14.3 Å². The minimum atomic E-state index is -0.403. The summed E-state index contributed by atoms with van der Waals surface area (Å²) in [5.74, 6) is 1.36. The number of likely N-dealkylation sites (tertiary alicyclic amines) is 1. The van der Waals surface area contributed by atoms with Crippen LogP contribution in [0.25, 0.3) is 0 Å². The summed E-state index contributed by atoms with van der Waals surface area (Å²) in [6.45, 7) is 11.5. The quantitative estimate of drug-likeness (QED) is 0.709. The van der Waals surface area contributed by atoms with E-state index in [1.807, 2.05) is 45.0 Å². The highest BCUT2D eigenvalue weighted by molar-refractivity contribution is 5.88. The van der Waals surface area contributed by atoms with Gasteiger partial charge in [0, 0.05) is 12.6 Å². The van der Waals surface area contributed by atoms with Crippen LogP contribution < -0.4 is 15.4 Å². The van der Waals surface area contributed by atoms with E-state index in [9.17, 15) is 9.59 Å². The van der Waals surface area contributed by atoms with Crippen molar-refractivity contribution in [2.45, 2.75) is 72.0 Å². The van der Waals surface area contributed by atoms with Crippen LogP contribution in [0.15, 0.2) is 24.3 Å². The van der Waals surface area contributed by atoms with E-state index in [0.29, 0.717) is 25.5 Å². The van der Waals surface area contributed by atoms with Crippen molar-refractivity contribution in [3.05, 3.63) is 29.8 Å². The molecule has 1 aliphatic rings. The molecule has 0 bridgehead atoms. The van der Waals surface area contributed by atoms with Gasteiger partial charge in [-0.15, -0.1) is 0 Å². The highest BCUT2D eigenvalue weighted by atomic mass is 16.5. The molecular weight excluding hydrogens is 354 g/mol.